The Bertz CT molecular complexity index is 176. The minimum Gasteiger partial charge on any atom is -0.356 e. The van der Waals surface area contributed by atoms with Crippen molar-refractivity contribution in [3.63, 3.8) is 0 Å². The van der Waals surface area contributed by atoms with Gasteiger partial charge < -0.3 is 5.32 Å². The largest absolute Gasteiger partial charge is 0.356 e. The fraction of sp³-hybridized carbons (Fsp3) is 0.429. The average molecular weight is 137 g/mol. The number of rotatable bonds is 2. The lowest BCUT2D eigenvalue weighted by molar-refractivity contribution is 0.804. The number of hydrogen-bond donors (Lipinski definition) is 2. The van der Waals surface area contributed by atoms with Crippen LogP contribution in [0.15, 0.2) is 12.2 Å². The predicted molar refractivity (Wildman–Crippen MR) is 40.8 cm³/mol. The summed E-state index contributed by atoms with van der Waals surface area (Å²) in [6.45, 7) is 3.78. The molecule has 0 aromatic heterocycles. The van der Waals surface area contributed by atoms with Gasteiger partial charge in [0.1, 0.15) is 6.07 Å². The minimum atomic E-state index is -0.0920. The van der Waals surface area contributed by atoms with E-state index in [1.54, 1.807) is 6.07 Å². The molecule has 1 unspecified atom stereocenters. The Labute approximate surface area is 60.9 Å². The molecular formula is C7H11N3. The van der Waals surface area contributed by atoms with Gasteiger partial charge in [-0.05, 0) is 13.8 Å². The van der Waals surface area contributed by atoms with E-state index in [9.17, 15) is 0 Å². The number of nitrogens with zero attached hydrogens (tertiary/aromatic N) is 1. The van der Waals surface area contributed by atoms with Crippen LogP contribution < -0.4 is 5.32 Å². The van der Waals surface area contributed by atoms with Crippen molar-refractivity contribution in [1.29, 1.82) is 10.7 Å². The molecule has 3 heteroatoms. The van der Waals surface area contributed by atoms with Gasteiger partial charge in [0.15, 0.2) is 5.84 Å². The van der Waals surface area contributed by atoms with Crippen molar-refractivity contribution in [1.82, 2.24) is 5.32 Å². The molecule has 0 aliphatic heterocycles. The second-order valence-electron chi connectivity index (χ2n) is 1.95. The zero-order valence-electron chi connectivity index (χ0n) is 6.18. The summed E-state index contributed by atoms with van der Waals surface area (Å²) in [6, 6.07) is 1.76. The van der Waals surface area contributed by atoms with Gasteiger partial charge in [-0.15, -0.1) is 0 Å². The molecule has 0 aliphatic carbocycles. The van der Waals surface area contributed by atoms with Crippen molar-refractivity contribution in [3.05, 3.63) is 12.2 Å². The van der Waals surface area contributed by atoms with Crippen LogP contribution in [-0.4, -0.2) is 11.9 Å². The van der Waals surface area contributed by atoms with Crippen LogP contribution in [-0.2, 0) is 0 Å². The highest BCUT2D eigenvalue weighted by Crippen LogP contribution is 1.82. The average Bonchev–Trinajstić information content (AvgIpc) is 1.88. The zero-order chi connectivity index (χ0) is 7.98. The quantitative estimate of drug-likeness (QED) is 0.339. The Morgan fingerprint density at radius 3 is 2.80 bits per heavy atom. The lowest BCUT2D eigenvalue weighted by Gasteiger charge is -2.05. The van der Waals surface area contributed by atoms with Crippen LogP contribution in [0.3, 0.4) is 0 Å². The van der Waals surface area contributed by atoms with E-state index >= 15 is 0 Å². The molecule has 0 bridgehead atoms. The first-order valence-corrected chi connectivity index (χ1v) is 3.08. The maximum atomic E-state index is 8.19. The SMILES string of the molecule is C/C=C\C(C)NC(=N)C#N. The highest BCUT2D eigenvalue weighted by molar-refractivity contribution is 5.93. The van der Waals surface area contributed by atoms with Crippen LogP contribution in [0.5, 0.6) is 0 Å². The van der Waals surface area contributed by atoms with Gasteiger partial charge in [0.25, 0.3) is 0 Å². The van der Waals surface area contributed by atoms with E-state index in [2.05, 4.69) is 5.32 Å². The van der Waals surface area contributed by atoms with Gasteiger partial charge in [-0.2, -0.15) is 5.26 Å². The topological polar surface area (TPSA) is 59.7 Å². The Morgan fingerprint density at radius 1 is 1.80 bits per heavy atom. The Balaban J connectivity index is 3.70. The van der Waals surface area contributed by atoms with Crippen molar-refractivity contribution < 1.29 is 0 Å². The van der Waals surface area contributed by atoms with Gasteiger partial charge in [-0.25, -0.2) is 0 Å². The lowest BCUT2D eigenvalue weighted by Crippen LogP contribution is -2.28. The molecule has 54 valence electrons. The molecule has 0 saturated heterocycles. The second kappa shape index (κ2) is 4.57. The maximum absolute atomic E-state index is 8.19. The highest BCUT2D eigenvalue weighted by atomic mass is 15.0. The third-order valence-corrected chi connectivity index (χ3v) is 0.965. The summed E-state index contributed by atoms with van der Waals surface area (Å²) in [6.07, 6.45) is 3.76. The smallest absolute Gasteiger partial charge is 0.199 e. The van der Waals surface area contributed by atoms with Gasteiger partial charge >= 0.3 is 0 Å². The molecule has 0 radical (unpaired) electrons. The van der Waals surface area contributed by atoms with E-state index in [1.165, 1.54) is 0 Å². The summed E-state index contributed by atoms with van der Waals surface area (Å²) in [7, 11) is 0. The van der Waals surface area contributed by atoms with E-state index in [0.717, 1.165) is 0 Å². The second-order valence-corrected chi connectivity index (χ2v) is 1.95. The van der Waals surface area contributed by atoms with Gasteiger partial charge in [-0.1, -0.05) is 12.2 Å². The zero-order valence-corrected chi connectivity index (χ0v) is 6.18. The predicted octanol–water partition coefficient (Wildman–Crippen LogP) is 1.04. The molecule has 0 fully saturated rings. The number of hydrogen-bond acceptors (Lipinski definition) is 2. The summed E-state index contributed by atoms with van der Waals surface area (Å²) < 4.78 is 0. The molecule has 0 aromatic rings. The van der Waals surface area contributed by atoms with E-state index in [-0.39, 0.29) is 11.9 Å². The van der Waals surface area contributed by atoms with Gasteiger partial charge in [-0.3, -0.25) is 5.41 Å². The molecule has 0 saturated carbocycles. The van der Waals surface area contributed by atoms with Gasteiger partial charge in [0.05, 0.1) is 0 Å². The van der Waals surface area contributed by atoms with Crippen LogP contribution in [0.4, 0.5) is 0 Å². The Morgan fingerprint density at radius 2 is 2.40 bits per heavy atom. The first-order chi connectivity index (χ1) is 4.70. The molecule has 0 spiro atoms. The van der Waals surface area contributed by atoms with Crippen LogP contribution in [0.25, 0.3) is 0 Å². The van der Waals surface area contributed by atoms with Crippen molar-refractivity contribution >= 4 is 5.84 Å². The summed E-state index contributed by atoms with van der Waals surface area (Å²) in [5.41, 5.74) is 0. The summed E-state index contributed by atoms with van der Waals surface area (Å²) in [5, 5.41) is 17.8. The highest BCUT2D eigenvalue weighted by Gasteiger charge is 1.96. The molecule has 0 amide bonds. The Hall–Kier alpha value is -1.30. The summed E-state index contributed by atoms with van der Waals surface area (Å²) >= 11 is 0. The minimum absolute atomic E-state index is 0.0668. The maximum Gasteiger partial charge on any atom is 0.199 e. The van der Waals surface area contributed by atoms with Crippen LogP contribution in [0.1, 0.15) is 13.8 Å². The van der Waals surface area contributed by atoms with Crippen molar-refractivity contribution in [3.8, 4) is 6.07 Å². The number of amidine groups is 1. The van der Waals surface area contributed by atoms with E-state index in [1.807, 2.05) is 26.0 Å². The number of nitriles is 1. The lowest BCUT2D eigenvalue weighted by atomic mass is 10.3. The van der Waals surface area contributed by atoms with Crippen LogP contribution in [0.2, 0.25) is 0 Å². The van der Waals surface area contributed by atoms with Crippen LogP contribution in [0, 0.1) is 16.7 Å². The van der Waals surface area contributed by atoms with Crippen molar-refractivity contribution in [2.24, 2.45) is 0 Å². The molecule has 1 atom stereocenters. The first-order valence-electron chi connectivity index (χ1n) is 3.08. The fourth-order valence-electron chi connectivity index (χ4n) is 0.597. The molecule has 0 aromatic carbocycles. The molecular weight excluding hydrogens is 126 g/mol. The standard InChI is InChI=1S/C7H11N3/c1-3-4-6(2)10-7(9)5-8/h3-4,6H,1-2H3,(H2,9,10)/b4-3-. The van der Waals surface area contributed by atoms with Crippen LogP contribution >= 0.6 is 0 Å². The normalized spacial score (nSPS) is 12.5. The molecule has 3 nitrogen and oxygen atoms in total. The number of nitrogens with one attached hydrogen (secondary N) is 2. The first kappa shape index (κ1) is 8.70. The fourth-order valence-corrected chi connectivity index (χ4v) is 0.597. The molecule has 0 heterocycles. The molecule has 0 aliphatic rings. The van der Waals surface area contributed by atoms with Crippen molar-refractivity contribution in [2.45, 2.75) is 19.9 Å². The van der Waals surface area contributed by atoms with E-state index in [4.69, 9.17) is 10.7 Å². The van der Waals surface area contributed by atoms with E-state index < -0.39 is 0 Å². The third kappa shape index (κ3) is 3.67. The Kier molecular flexibility index (Phi) is 3.97. The van der Waals surface area contributed by atoms with Gasteiger partial charge in [0.2, 0.25) is 0 Å². The molecule has 2 N–H and O–H groups in total. The summed E-state index contributed by atoms with van der Waals surface area (Å²) in [5.74, 6) is -0.0920. The molecule has 10 heavy (non-hydrogen) atoms. The van der Waals surface area contributed by atoms with E-state index in [0.29, 0.717) is 0 Å². The summed E-state index contributed by atoms with van der Waals surface area (Å²) in [4.78, 5) is 0. The van der Waals surface area contributed by atoms with Gasteiger partial charge in [0, 0.05) is 6.04 Å². The monoisotopic (exact) mass is 137 g/mol. The number of allylic oxidation sites excluding steroid dienone is 1. The molecule has 0 rings (SSSR count). The third-order valence-electron chi connectivity index (χ3n) is 0.965. The van der Waals surface area contributed by atoms with Crippen molar-refractivity contribution in [2.75, 3.05) is 0 Å².